The molecule has 0 aromatic rings. The van der Waals surface area contributed by atoms with Gasteiger partial charge < -0.3 is 9.47 Å². The molecule has 1 spiro atoms. The predicted molar refractivity (Wildman–Crippen MR) is 76.7 cm³/mol. The van der Waals surface area contributed by atoms with E-state index in [2.05, 4.69) is 20.8 Å². The van der Waals surface area contributed by atoms with Crippen LogP contribution in [-0.2, 0) is 9.47 Å². The maximum Gasteiger partial charge on any atom is 0.159 e. The van der Waals surface area contributed by atoms with Crippen LogP contribution in [0.15, 0.2) is 0 Å². The molecule has 19 heavy (non-hydrogen) atoms. The molecular weight excluding hydrogens is 236 g/mol. The molecular formula is C17H30O2. The fraction of sp³-hybridized carbons (Fsp3) is 1.00. The van der Waals surface area contributed by atoms with Crippen LogP contribution in [-0.4, -0.2) is 20.5 Å². The van der Waals surface area contributed by atoms with E-state index in [1.807, 2.05) is 0 Å². The van der Waals surface area contributed by atoms with Crippen molar-refractivity contribution in [1.82, 2.24) is 0 Å². The first kappa shape index (κ1) is 13.9. The molecule has 0 saturated heterocycles. The number of rotatable bonds is 3. The second-order valence-electron chi connectivity index (χ2n) is 7.94. The summed E-state index contributed by atoms with van der Waals surface area (Å²) in [4.78, 5) is 0. The average molecular weight is 266 g/mol. The molecule has 0 aromatic heterocycles. The number of hydrogen-bond acceptors (Lipinski definition) is 2. The minimum Gasteiger partial charge on any atom is -0.356 e. The van der Waals surface area contributed by atoms with Crippen molar-refractivity contribution in [2.75, 3.05) is 14.2 Å². The molecule has 2 nitrogen and oxygen atoms in total. The highest BCUT2D eigenvalue weighted by molar-refractivity contribution is 5.14. The minimum absolute atomic E-state index is 0.00393. The van der Waals surface area contributed by atoms with Gasteiger partial charge in [0, 0.05) is 20.1 Å². The zero-order chi connectivity index (χ0) is 13.8. The highest BCUT2D eigenvalue weighted by atomic mass is 16.7. The Balaban J connectivity index is 1.92. The largest absolute Gasteiger partial charge is 0.356 e. The summed E-state index contributed by atoms with van der Waals surface area (Å²) < 4.78 is 11.2. The number of ether oxygens (including phenoxy) is 2. The molecule has 3 rings (SSSR count). The molecule has 0 aromatic carbocycles. The Morgan fingerprint density at radius 2 is 1.74 bits per heavy atom. The van der Waals surface area contributed by atoms with Gasteiger partial charge in [0.2, 0.25) is 0 Å². The molecule has 110 valence electrons. The van der Waals surface area contributed by atoms with E-state index < -0.39 is 0 Å². The highest BCUT2D eigenvalue weighted by Crippen LogP contribution is 2.72. The van der Waals surface area contributed by atoms with Gasteiger partial charge in [-0.1, -0.05) is 20.8 Å². The highest BCUT2D eigenvalue weighted by Gasteiger charge is 2.66. The first-order valence-corrected chi connectivity index (χ1v) is 8.03. The van der Waals surface area contributed by atoms with Crippen molar-refractivity contribution < 1.29 is 9.47 Å². The van der Waals surface area contributed by atoms with Crippen LogP contribution in [0.1, 0.15) is 52.9 Å². The summed E-state index contributed by atoms with van der Waals surface area (Å²) in [6.45, 7) is 7.54. The number of hydrogen-bond donors (Lipinski definition) is 0. The Bertz CT molecular complexity index is 347. The molecule has 0 radical (unpaired) electrons. The molecule has 0 heterocycles. The van der Waals surface area contributed by atoms with E-state index in [0.717, 1.165) is 17.8 Å². The van der Waals surface area contributed by atoms with Crippen molar-refractivity contribution in [1.29, 1.82) is 0 Å². The van der Waals surface area contributed by atoms with Gasteiger partial charge in [-0.15, -0.1) is 0 Å². The van der Waals surface area contributed by atoms with Crippen molar-refractivity contribution >= 4 is 0 Å². The molecule has 5 atom stereocenters. The maximum atomic E-state index is 5.61. The van der Waals surface area contributed by atoms with Gasteiger partial charge in [0.25, 0.3) is 0 Å². The van der Waals surface area contributed by atoms with Gasteiger partial charge in [0.05, 0.1) is 0 Å². The van der Waals surface area contributed by atoms with E-state index in [9.17, 15) is 0 Å². The van der Waals surface area contributed by atoms with Crippen molar-refractivity contribution in [2.45, 2.75) is 59.2 Å². The molecule has 2 bridgehead atoms. The summed E-state index contributed by atoms with van der Waals surface area (Å²) in [7, 11) is 3.59. The molecule has 0 aliphatic heterocycles. The van der Waals surface area contributed by atoms with E-state index in [1.165, 1.54) is 32.1 Å². The van der Waals surface area contributed by atoms with E-state index >= 15 is 0 Å². The third-order valence-electron chi connectivity index (χ3n) is 7.29. The molecule has 3 fully saturated rings. The van der Waals surface area contributed by atoms with Crippen molar-refractivity contribution in [3.05, 3.63) is 0 Å². The third-order valence-corrected chi connectivity index (χ3v) is 7.29. The smallest absolute Gasteiger partial charge is 0.159 e. The maximum absolute atomic E-state index is 5.61. The van der Waals surface area contributed by atoms with Gasteiger partial charge in [-0.3, -0.25) is 0 Å². The first-order valence-electron chi connectivity index (χ1n) is 8.03. The third kappa shape index (κ3) is 1.68. The lowest BCUT2D eigenvalue weighted by atomic mass is 9.65. The molecule has 3 saturated carbocycles. The summed E-state index contributed by atoms with van der Waals surface area (Å²) in [5.74, 6) is 3.22. The van der Waals surface area contributed by atoms with Gasteiger partial charge in [-0.25, -0.2) is 0 Å². The standard InChI is InChI=1S/C17H30O2/c1-11-6-7-14-16(2,3)13-10-17(11,14)9-8-12(13)15(18-4)19-5/h11-15H,6-10H2,1-5H3/t11-,12+,13+,14+,17+/m1/s1. The summed E-state index contributed by atoms with van der Waals surface area (Å²) in [5.41, 5.74) is 1.11. The predicted octanol–water partition coefficient (Wildman–Crippen LogP) is 4.09. The van der Waals surface area contributed by atoms with E-state index in [0.29, 0.717) is 16.7 Å². The first-order chi connectivity index (χ1) is 8.97. The Kier molecular flexibility index (Phi) is 3.26. The summed E-state index contributed by atoms with van der Waals surface area (Å²) in [6.07, 6.45) is 7.00. The zero-order valence-electron chi connectivity index (χ0n) is 13.2. The fourth-order valence-electron chi connectivity index (χ4n) is 6.36. The van der Waals surface area contributed by atoms with Gasteiger partial charge in [-0.2, -0.15) is 0 Å². The van der Waals surface area contributed by atoms with Crippen LogP contribution in [0.5, 0.6) is 0 Å². The lowest BCUT2D eigenvalue weighted by Gasteiger charge is -2.42. The SMILES string of the molecule is COC(OC)[C@H]1CC[C@@]23C[C@@H]1C(C)(C)[C@@H]2CC[C@H]3C. The lowest BCUT2D eigenvalue weighted by Crippen LogP contribution is -2.39. The molecule has 0 unspecified atom stereocenters. The Labute approximate surface area is 118 Å². The van der Waals surface area contributed by atoms with Crippen LogP contribution < -0.4 is 0 Å². The second kappa shape index (κ2) is 4.46. The summed E-state index contributed by atoms with van der Waals surface area (Å²) in [5, 5.41) is 0. The van der Waals surface area contributed by atoms with E-state index in [4.69, 9.17) is 9.47 Å². The Hall–Kier alpha value is -0.0800. The number of fused-ring (bicyclic) bond motifs is 1. The number of methoxy groups -OCH3 is 2. The normalized spacial score (nSPS) is 47.7. The Morgan fingerprint density at radius 1 is 1.05 bits per heavy atom. The second-order valence-corrected chi connectivity index (χ2v) is 7.94. The molecule has 0 N–H and O–H groups in total. The summed E-state index contributed by atoms with van der Waals surface area (Å²) in [6, 6.07) is 0. The van der Waals surface area contributed by atoms with Gasteiger partial charge in [-0.05, 0) is 60.7 Å². The minimum atomic E-state index is -0.00393. The van der Waals surface area contributed by atoms with Crippen LogP contribution in [0.4, 0.5) is 0 Å². The topological polar surface area (TPSA) is 18.5 Å². The van der Waals surface area contributed by atoms with Crippen LogP contribution in [0.25, 0.3) is 0 Å². The van der Waals surface area contributed by atoms with Crippen LogP contribution in [0.3, 0.4) is 0 Å². The molecule has 3 aliphatic carbocycles. The fourth-order valence-corrected chi connectivity index (χ4v) is 6.36. The zero-order valence-corrected chi connectivity index (χ0v) is 13.2. The van der Waals surface area contributed by atoms with Gasteiger partial charge in [0.15, 0.2) is 6.29 Å². The molecule has 0 amide bonds. The van der Waals surface area contributed by atoms with E-state index in [-0.39, 0.29) is 6.29 Å². The van der Waals surface area contributed by atoms with Crippen molar-refractivity contribution in [3.8, 4) is 0 Å². The van der Waals surface area contributed by atoms with Crippen molar-refractivity contribution in [3.63, 3.8) is 0 Å². The monoisotopic (exact) mass is 266 g/mol. The van der Waals surface area contributed by atoms with Crippen LogP contribution >= 0.6 is 0 Å². The van der Waals surface area contributed by atoms with Gasteiger partial charge in [0.1, 0.15) is 0 Å². The van der Waals surface area contributed by atoms with Gasteiger partial charge >= 0.3 is 0 Å². The lowest BCUT2D eigenvalue weighted by molar-refractivity contribution is -0.165. The van der Waals surface area contributed by atoms with Crippen LogP contribution in [0, 0.1) is 34.5 Å². The van der Waals surface area contributed by atoms with Crippen LogP contribution in [0.2, 0.25) is 0 Å². The molecule has 3 aliphatic rings. The Morgan fingerprint density at radius 3 is 2.37 bits per heavy atom. The quantitative estimate of drug-likeness (QED) is 0.716. The van der Waals surface area contributed by atoms with E-state index in [1.54, 1.807) is 14.2 Å². The molecule has 2 heteroatoms. The average Bonchev–Trinajstić information content (AvgIpc) is 2.78. The summed E-state index contributed by atoms with van der Waals surface area (Å²) >= 11 is 0. The van der Waals surface area contributed by atoms with Crippen molar-refractivity contribution in [2.24, 2.45) is 34.5 Å².